The minimum Gasteiger partial charge on any atom is -0.336 e. The van der Waals surface area contributed by atoms with Gasteiger partial charge in [-0.15, -0.1) is 0 Å². The molecule has 23 heavy (non-hydrogen) atoms. The van der Waals surface area contributed by atoms with Gasteiger partial charge in [-0.3, -0.25) is 9.78 Å². The summed E-state index contributed by atoms with van der Waals surface area (Å²) in [6.07, 6.45) is 3.60. The summed E-state index contributed by atoms with van der Waals surface area (Å²) in [6, 6.07) is 9.73. The Kier molecular flexibility index (Phi) is 4.02. The van der Waals surface area contributed by atoms with Crippen LogP contribution in [0, 0.1) is 13.8 Å². The lowest BCUT2D eigenvalue weighted by Crippen LogP contribution is -2.27. The first-order valence-electron chi connectivity index (χ1n) is 7.44. The van der Waals surface area contributed by atoms with E-state index in [1.807, 2.05) is 37.4 Å². The zero-order chi connectivity index (χ0) is 16.4. The lowest BCUT2D eigenvalue weighted by Gasteiger charge is -2.18. The van der Waals surface area contributed by atoms with Crippen molar-refractivity contribution in [2.45, 2.75) is 20.4 Å². The first-order chi connectivity index (χ1) is 11.0. The summed E-state index contributed by atoms with van der Waals surface area (Å²) in [5.41, 5.74) is 2.31. The van der Waals surface area contributed by atoms with Crippen LogP contribution in [0.2, 0.25) is 0 Å². The molecule has 0 fully saturated rings. The van der Waals surface area contributed by atoms with Gasteiger partial charge in [-0.05, 0) is 36.9 Å². The lowest BCUT2D eigenvalue weighted by atomic mass is 10.1. The Morgan fingerprint density at radius 1 is 1.17 bits per heavy atom. The fourth-order valence-electron chi connectivity index (χ4n) is 2.68. The van der Waals surface area contributed by atoms with Crippen molar-refractivity contribution in [3.05, 3.63) is 65.5 Å². The van der Waals surface area contributed by atoms with Crippen LogP contribution < -0.4 is 0 Å². The van der Waals surface area contributed by atoms with Crippen LogP contribution in [0.15, 0.2) is 42.7 Å². The minimum atomic E-state index is -0.107. The van der Waals surface area contributed by atoms with Gasteiger partial charge in [0.25, 0.3) is 5.91 Å². The molecule has 5 heteroatoms. The number of rotatable bonds is 3. The number of aromatic nitrogens is 3. The standard InChI is InChI=1S/C18H18N4O/c1-12-9-17(21-13(2)20-12)18(23)22(3)11-15-6-4-5-14-10-19-8-7-16(14)15/h4-10H,11H2,1-3H3. The molecule has 116 valence electrons. The van der Waals surface area contributed by atoms with Gasteiger partial charge in [0.05, 0.1) is 0 Å². The van der Waals surface area contributed by atoms with Gasteiger partial charge in [0.2, 0.25) is 0 Å². The van der Waals surface area contributed by atoms with Crippen LogP contribution in [0.5, 0.6) is 0 Å². The number of hydrogen-bond donors (Lipinski definition) is 0. The van der Waals surface area contributed by atoms with Gasteiger partial charge in [-0.25, -0.2) is 9.97 Å². The van der Waals surface area contributed by atoms with Gasteiger partial charge >= 0.3 is 0 Å². The molecule has 2 aromatic heterocycles. The largest absolute Gasteiger partial charge is 0.336 e. The summed E-state index contributed by atoms with van der Waals surface area (Å²) in [5, 5.41) is 2.18. The summed E-state index contributed by atoms with van der Waals surface area (Å²) in [7, 11) is 1.79. The molecule has 1 amide bonds. The average molecular weight is 306 g/mol. The summed E-state index contributed by atoms with van der Waals surface area (Å²) >= 11 is 0. The third kappa shape index (κ3) is 3.18. The van der Waals surface area contributed by atoms with Crippen molar-refractivity contribution in [1.29, 1.82) is 0 Å². The van der Waals surface area contributed by atoms with E-state index >= 15 is 0 Å². The molecule has 0 atom stereocenters. The highest BCUT2D eigenvalue weighted by molar-refractivity contribution is 5.92. The molecule has 0 unspecified atom stereocenters. The topological polar surface area (TPSA) is 59.0 Å². The predicted octanol–water partition coefficient (Wildman–Crippen LogP) is 2.91. The Labute approximate surface area is 135 Å². The molecule has 0 aliphatic rings. The molecule has 0 radical (unpaired) electrons. The van der Waals surface area contributed by atoms with E-state index in [-0.39, 0.29) is 5.91 Å². The molecule has 2 heterocycles. The van der Waals surface area contributed by atoms with Gasteiger partial charge < -0.3 is 4.90 Å². The van der Waals surface area contributed by atoms with E-state index in [9.17, 15) is 4.79 Å². The maximum Gasteiger partial charge on any atom is 0.272 e. The zero-order valence-electron chi connectivity index (χ0n) is 13.4. The Balaban J connectivity index is 1.88. The van der Waals surface area contributed by atoms with E-state index in [0.717, 1.165) is 22.0 Å². The molecular formula is C18H18N4O. The summed E-state index contributed by atoms with van der Waals surface area (Å²) in [5.74, 6) is 0.502. The monoisotopic (exact) mass is 306 g/mol. The third-order valence-corrected chi connectivity index (χ3v) is 3.71. The number of carbonyl (C=O) groups excluding carboxylic acids is 1. The molecule has 0 spiro atoms. The van der Waals surface area contributed by atoms with Crippen molar-refractivity contribution in [3.8, 4) is 0 Å². The number of aryl methyl sites for hydroxylation is 2. The van der Waals surface area contributed by atoms with Crippen LogP contribution in [-0.4, -0.2) is 32.8 Å². The normalized spacial score (nSPS) is 10.7. The van der Waals surface area contributed by atoms with Gasteiger partial charge in [0.1, 0.15) is 11.5 Å². The number of carbonyl (C=O) groups is 1. The van der Waals surface area contributed by atoms with Crippen LogP contribution in [0.25, 0.3) is 10.8 Å². The number of amides is 1. The first kappa shape index (κ1) is 15.1. The van der Waals surface area contributed by atoms with Crippen molar-refractivity contribution in [2.75, 3.05) is 7.05 Å². The first-order valence-corrected chi connectivity index (χ1v) is 7.44. The van der Waals surface area contributed by atoms with Crippen LogP contribution in [0.4, 0.5) is 0 Å². The Bertz CT molecular complexity index is 850. The van der Waals surface area contributed by atoms with Gasteiger partial charge in [-0.1, -0.05) is 18.2 Å². The van der Waals surface area contributed by atoms with Crippen molar-refractivity contribution in [1.82, 2.24) is 19.9 Å². The number of benzene rings is 1. The van der Waals surface area contributed by atoms with Crippen molar-refractivity contribution < 1.29 is 4.79 Å². The minimum absolute atomic E-state index is 0.107. The molecular weight excluding hydrogens is 288 g/mol. The smallest absolute Gasteiger partial charge is 0.272 e. The van der Waals surface area contributed by atoms with E-state index in [2.05, 4.69) is 15.0 Å². The van der Waals surface area contributed by atoms with Crippen molar-refractivity contribution >= 4 is 16.7 Å². The van der Waals surface area contributed by atoms with Gasteiger partial charge in [0.15, 0.2) is 0 Å². The lowest BCUT2D eigenvalue weighted by molar-refractivity contribution is 0.0779. The fourth-order valence-corrected chi connectivity index (χ4v) is 2.68. The molecule has 1 aromatic carbocycles. The van der Waals surface area contributed by atoms with E-state index in [4.69, 9.17) is 0 Å². The fraction of sp³-hybridized carbons (Fsp3) is 0.222. The maximum absolute atomic E-state index is 12.6. The highest BCUT2D eigenvalue weighted by atomic mass is 16.2. The SMILES string of the molecule is Cc1cc(C(=O)N(C)Cc2cccc3cnccc23)nc(C)n1. The van der Waals surface area contributed by atoms with Crippen molar-refractivity contribution in [3.63, 3.8) is 0 Å². The number of pyridine rings is 1. The molecule has 5 nitrogen and oxygen atoms in total. The second-order valence-electron chi connectivity index (χ2n) is 5.62. The summed E-state index contributed by atoms with van der Waals surface area (Å²) < 4.78 is 0. The highest BCUT2D eigenvalue weighted by Gasteiger charge is 2.15. The van der Waals surface area contributed by atoms with Crippen molar-refractivity contribution in [2.24, 2.45) is 0 Å². The number of hydrogen-bond acceptors (Lipinski definition) is 4. The van der Waals surface area contributed by atoms with E-state index < -0.39 is 0 Å². The van der Waals surface area contributed by atoms with E-state index in [1.165, 1.54) is 0 Å². The molecule has 3 aromatic rings. The molecule has 3 rings (SSSR count). The third-order valence-electron chi connectivity index (χ3n) is 3.71. The Morgan fingerprint density at radius 3 is 2.78 bits per heavy atom. The van der Waals surface area contributed by atoms with Gasteiger partial charge in [-0.2, -0.15) is 0 Å². The Hall–Kier alpha value is -2.82. The summed E-state index contributed by atoms with van der Waals surface area (Å²) in [4.78, 5) is 26.9. The average Bonchev–Trinajstić information content (AvgIpc) is 2.53. The van der Waals surface area contributed by atoms with Crippen LogP contribution >= 0.6 is 0 Å². The predicted molar refractivity (Wildman–Crippen MR) is 89.0 cm³/mol. The maximum atomic E-state index is 12.6. The summed E-state index contributed by atoms with van der Waals surface area (Å²) in [6.45, 7) is 4.17. The van der Waals surface area contributed by atoms with Crippen LogP contribution in [0.3, 0.4) is 0 Å². The molecule has 0 saturated heterocycles. The number of fused-ring (bicyclic) bond motifs is 1. The van der Waals surface area contributed by atoms with Crippen LogP contribution in [0.1, 0.15) is 27.6 Å². The highest BCUT2D eigenvalue weighted by Crippen LogP contribution is 2.19. The molecule has 0 saturated carbocycles. The van der Waals surface area contributed by atoms with Gasteiger partial charge in [0, 0.05) is 37.1 Å². The Morgan fingerprint density at radius 2 is 2.00 bits per heavy atom. The molecule has 0 N–H and O–H groups in total. The van der Waals surface area contributed by atoms with Crippen LogP contribution in [-0.2, 0) is 6.54 Å². The zero-order valence-corrected chi connectivity index (χ0v) is 13.4. The quantitative estimate of drug-likeness (QED) is 0.746. The second-order valence-corrected chi connectivity index (χ2v) is 5.62. The molecule has 0 aliphatic carbocycles. The van der Waals surface area contributed by atoms with E-state index in [0.29, 0.717) is 18.1 Å². The molecule has 0 aliphatic heterocycles. The second kappa shape index (κ2) is 6.12. The van der Waals surface area contributed by atoms with E-state index in [1.54, 1.807) is 31.1 Å². The molecule has 0 bridgehead atoms. The number of nitrogens with zero attached hydrogens (tertiary/aromatic N) is 4.